The van der Waals surface area contributed by atoms with Gasteiger partial charge in [0.25, 0.3) is 5.69 Å². The average molecular weight is 426 g/mol. The first-order chi connectivity index (χ1) is 14.7. The van der Waals surface area contributed by atoms with Crippen molar-refractivity contribution in [2.24, 2.45) is 0 Å². The van der Waals surface area contributed by atoms with Crippen LogP contribution in [0.1, 0.15) is 49.5 Å². The van der Waals surface area contributed by atoms with E-state index in [2.05, 4.69) is 5.32 Å². The van der Waals surface area contributed by atoms with Gasteiger partial charge >= 0.3 is 0 Å². The minimum absolute atomic E-state index is 0.0273. The summed E-state index contributed by atoms with van der Waals surface area (Å²) in [6.07, 6.45) is 0.0273. The van der Waals surface area contributed by atoms with Crippen LogP contribution in [0.25, 0.3) is 0 Å². The summed E-state index contributed by atoms with van der Waals surface area (Å²) in [4.78, 5) is 10.8. The standard InChI is InChI=1S/C24H24F2N2O3/c1-15(2)31-23-9-7-17(8-10-23)24(18-5-4-6-22(13-18)28(29)30)27-16(3)19-11-20(25)14-21(26)12-19/h4-16,24,27H,1-3H3. The van der Waals surface area contributed by atoms with E-state index in [4.69, 9.17) is 4.74 Å². The van der Waals surface area contributed by atoms with E-state index in [1.165, 1.54) is 24.3 Å². The monoisotopic (exact) mass is 426 g/mol. The minimum Gasteiger partial charge on any atom is -0.491 e. The predicted octanol–water partition coefficient (Wildman–Crippen LogP) is 6.10. The molecule has 2 atom stereocenters. The van der Waals surface area contributed by atoms with Crippen LogP contribution < -0.4 is 10.1 Å². The number of benzene rings is 3. The molecule has 3 aromatic carbocycles. The maximum atomic E-state index is 13.7. The number of nitrogens with one attached hydrogen (secondary N) is 1. The summed E-state index contributed by atoms with van der Waals surface area (Å²) in [7, 11) is 0. The number of hydrogen-bond donors (Lipinski definition) is 1. The Morgan fingerprint density at radius 2 is 1.52 bits per heavy atom. The molecule has 31 heavy (non-hydrogen) atoms. The van der Waals surface area contributed by atoms with Gasteiger partial charge in [0.05, 0.1) is 17.1 Å². The number of nitro benzene ring substituents is 1. The van der Waals surface area contributed by atoms with Crippen molar-refractivity contribution in [2.75, 3.05) is 0 Å². The summed E-state index contributed by atoms with van der Waals surface area (Å²) in [5.74, 6) is -0.617. The summed E-state index contributed by atoms with van der Waals surface area (Å²) in [5, 5.41) is 14.6. The zero-order valence-electron chi connectivity index (χ0n) is 17.5. The van der Waals surface area contributed by atoms with E-state index in [9.17, 15) is 18.9 Å². The average Bonchev–Trinajstić information content (AvgIpc) is 2.71. The zero-order valence-corrected chi connectivity index (χ0v) is 17.5. The Morgan fingerprint density at radius 3 is 2.10 bits per heavy atom. The number of hydrogen-bond acceptors (Lipinski definition) is 4. The summed E-state index contributed by atoms with van der Waals surface area (Å²) < 4.78 is 33.1. The molecular weight excluding hydrogens is 402 g/mol. The number of rotatable bonds is 8. The van der Waals surface area contributed by atoms with Crippen LogP contribution >= 0.6 is 0 Å². The first-order valence-corrected chi connectivity index (χ1v) is 9.96. The fourth-order valence-electron chi connectivity index (χ4n) is 3.39. The highest BCUT2D eigenvalue weighted by Gasteiger charge is 2.21. The second-order valence-electron chi connectivity index (χ2n) is 7.61. The van der Waals surface area contributed by atoms with Crippen molar-refractivity contribution in [1.29, 1.82) is 0 Å². The highest BCUT2D eigenvalue weighted by molar-refractivity contribution is 5.41. The van der Waals surface area contributed by atoms with Crippen molar-refractivity contribution in [3.63, 3.8) is 0 Å². The van der Waals surface area contributed by atoms with E-state index in [-0.39, 0.29) is 11.8 Å². The molecule has 0 saturated heterocycles. The Hall–Kier alpha value is -3.32. The number of halogens is 2. The van der Waals surface area contributed by atoms with Crippen LogP contribution in [-0.4, -0.2) is 11.0 Å². The Kier molecular flexibility index (Phi) is 6.97. The van der Waals surface area contributed by atoms with Crippen LogP contribution in [0.5, 0.6) is 5.75 Å². The van der Waals surface area contributed by atoms with Crippen molar-refractivity contribution >= 4 is 5.69 Å². The molecule has 0 saturated carbocycles. The van der Waals surface area contributed by atoms with Crippen LogP contribution in [-0.2, 0) is 0 Å². The molecule has 0 aliphatic carbocycles. The lowest BCUT2D eigenvalue weighted by atomic mass is 9.96. The van der Waals surface area contributed by atoms with Gasteiger partial charge in [-0.25, -0.2) is 8.78 Å². The quantitative estimate of drug-likeness (QED) is 0.349. The van der Waals surface area contributed by atoms with Gasteiger partial charge in [-0.3, -0.25) is 15.4 Å². The van der Waals surface area contributed by atoms with Crippen LogP contribution in [0, 0.1) is 21.7 Å². The van der Waals surface area contributed by atoms with Crippen molar-refractivity contribution < 1.29 is 18.4 Å². The predicted molar refractivity (Wildman–Crippen MR) is 115 cm³/mol. The highest BCUT2D eigenvalue weighted by Crippen LogP contribution is 2.30. The van der Waals surface area contributed by atoms with E-state index < -0.39 is 28.6 Å². The summed E-state index contributed by atoms with van der Waals surface area (Å²) >= 11 is 0. The van der Waals surface area contributed by atoms with Gasteiger partial charge in [-0.2, -0.15) is 0 Å². The number of non-ortho nitro benzene ring substituents is 1. The smallest absolute Gasteiger partial charge is 0.269 e. The third-order valence-electron chi connectivity index (χ3n) is 4.80. The van der Waals surface area contributed by atoms with E-state index in [1.54, 1.807) is 19.1 Å². The fraction of sp³-hybridized carbons (Fsp3) is 0.250. The molecule has 2 unspecified atom stereocenters. The van der Waals surface area contributed by atoms with E-state index in [0.717, 1.165) is 11.6 Å². The maximum absolute atomic E-state index is 13.7. The van der Waals surface area contributed by atoms with Gasteiger partial charge in [-0.15, -0.1) is 0 Å². The molecule has 0 aliphatic rings. The van der Waals surface area contributed by atoms with E-state index in [0.29, 0.717) is 16.9 Å². The molecule has 3 rings (SSSR count). The second kappa shape index (κ2) is 9.66. The summed E-state index contributed by atoms with van der Waals surface area (Å²) in [5.41, 5.74) is 1.90. The van der Waals surface area contributed by atoms with Crippen LogP contribution in [0.3, 0.4) is 0 Å². The Bertz CT molecular complexity index is 1030. The molecule has 1 N–H and O–H groups in total. The lowest BCUT2D eigenvalue weighted by Crippen LogP contribution is -2.26. The largest absolute Gasteiger partial charge is 0.491 e. The second-order valence-corrected chi connectivity index (χ2v) is 7.61. The van der Waals surface area contributed by atoms with Crippen LogP contribution in [0.2, 0.25) is 0 Å². The molecule has 0 fully saturated rings. The third-order valence-corrected chi connectivity index (χ3v) is 4.80. The molecule has 0 radical (unpaired) electrons. The van der Waals surface area contributed by atoms with Gasteiger partial charge in [0.1, 0.15) is 17.4 Å². The molecule has 0 aliphatic heterocycles. The molecule has 0 spiro atoms. The molecule has 0 amide bonds. The first kappa shape index (κ1) is 22.4. The Morgan fingerprint density at radius 1 is 0.871 bits per heavy atom. The van der Waals surface area contributed by atoms with Gasteiger partial charge in [-0.05, 0) is 61.7 Å². The molecule has 162 valence electrons. The van der Waals surface area contributed by atoms with Gasteiger partial charge in [0.2, 0.25) is 0 Å². The minimum atomic E-state index is -0.661. The van der Waals surface area contributed by atoms with Crippen LogP contribution in [0.4, 0.5) is 14.5 Å². The maximum Gasteiger partial charge on any atom is 0.269 e. The van der Waals surface area contributed by atoms with Crippen LogP contribution in [0.15, 0.2) is 66.7 Å². The SMILES string of the molecule is CC(C)Oc1ccc(C(NC(C)c2cc(F)cc(F)c2)c2cccc([N+](=O)[O-])c2)cc1. The number of nitrogens with zero attached hydrogens (tertiary/aromatic N) is 1. The van der Waals surface area contributed by atoms with Crippen molar-refractivity contribution in [2.45, 2.75) is 39.0 Å². The summed E-state index contributed by atoms with van der Waals surface area (Å²) in [6, 6.07) is 16.2. The Labute approximate surface area is 179 Å². The first-order valence-electron chi connectivity index (χ1n) is 9.96. The normalized spacial score (nSPS) is 13.1. The van der Waals surface area contributed by atoms with E-state index in [1.807, 2.05) is 38.1 Å². The molecular formula is C24H24F2N2O3. The van der Waals surface area contributed by atoms with Crippen molar-refractivity contribution in [3.8, 4) is 5.75 Å². The fourth-order valence-corrected chi connectivity index (χ4v) is 3.39. The molecule has 0 bridgehead atoms. The number of ether oxygens (including phenoxy) is 1. The third kappa shape index (κ3) is 5.86. The Balaban J connectivity index is 1.97. The highest BCUT2D eigenvalue weighted by atomic mass is 19.1. The van der Waals surface area contributed by atoms with E-state index >= 15 is 0 Å². The zero-order chi connectivity index (χ0) is 22.5. The lowest BCUT2D eigenvalue weighted by molar-refractivity contribution is -0.384. The van der Waals surface area contributed by atoms with Gasteiger partial charge in [0, 0.05) is 24.2 Å². The van der Waals surface area contributed by atoms with Crippen molar-refractivity contribution in [1.82, 2.24) is 5.32 Å². The van der Waals surface area contributed by atoms with Gasteiger partial charge in [0.15, 0.2) is 0 Å². The number of nitro groups is 1. The molecule has 3 aromatic rings. The molecule has 0 heterocycles. The molecule has 5 nitrogen and oxygen atoms in total. The molecule has 0 aromatic heterocycles. The van der Waals surface area contributed by atoms with Crippen molar-refractivity contribution in [3.05, 3.63) is 105 Å². The lowest BCUT2D eigenvalue weighted by Gasteiger charge is -2.25. The van der Waals surface area contributed by atoms with Gasteiger partial charge in [-0.1, -0.05) is 24.3 Å². The topological polar surface area (TPSA) is 64.4 Å². The summed E-state index contributed by atoms with van der Waals surface area (Å²) in [6.45, 7) is 5.65. The molecule has 7 heteroatoms. The van der Waals surface area contributed by atoms with Gasteiger partial charge < -0.3 is 4.74 Å².